The van der Waals surface area contributed by atoms with Crippen molar-refractivity contribution in [1.29, 1.82) is 0 Å². The van der Waals surface area contributed by atoms with Gasteiger partial charge in [0.2, 0.25) is 0 Å². The lowest BCUT2D eigenvalue weighted by atomic mass is 9.69. The molecule has 2 saturated heterocycles. The Hall–Kier alpha value is -2.66. The minimum Gasteiger partial charge on any atom is -0.445 e. The van der Waals surface area contributed by atoms with Gasteiger partial charge >= 0.3 is 13.2 Å². The van der Waals surface area contributed by atoms with Crippen molar-refractivity contribution in [2.24, 2.45) is 11.8 Å². The molecule has 0 unspecified atom stereocenters. The van der Waals surface area contributed by atoms with Crippen LogP contribution in [0.3, 0.4) is 0 Å². The summed E-state index contributed by atoms with van der Waals surface area (Å²) in [6.07, 6.45) is 6.91. The number of amides is 1. The van der Waals surface area contributed by atoms with E-state index >= 15 is 0 Å². The Kier molecular flexibility index (Phi) is 7.79. The van der Waals surface area contributed by atoms with E-state index in [1.165, 1.54) is 0 Å². The first kappa shape index (κ1) is 29.4. The molecule has 6 atom stereocenters. The second-order valence-electron chi connectivity index (χ2n) is 13.8. The molecule has 3 N–H and O–H groups in total. The lowest BCUT2D eigenvalue weighted by Gasteiger charge is -2.41. The SMILES string of the molecule is CC(C)[C@H](NC(=O)OCc1ccccc1)[C@@H](O)N1[C@@H]2CC[C@@H](C2)[C@H]1c1nc2c([nH]1)=C[C@H](B1OC(C)(C)C(C)(C)O1)CC=2. The third kappa shape index (κ3) is 5.43. The number of nitrogens with zero attached hydrogens (tertiary/aromatic N) is 2. The number of likely N-dealkylation sites (tertiary alicyclic amines) is 1. The van der Waals surface area contributed by atoms with E-state index in [1.54, 1.807) is 0 Å². The Balaban J connectivity index is 1.20. The van der Waals surface area contributed by atoms with Crippen molar-refractivity contribution in [2.75, 3.05) is 0 Å². The van der Waals surface area contributed by atoms with Crippen LogP contribution >= 0.6 is 0 Å². The zero-order valence-corrected chi connectivity index (χ0v) is 25.7. The number of hydrogen-bond acceptors (Lipinski definition) is 7. The van der Waals surface area contributed by atoms with Gasteiger partial charge in [0, 0.05) is 11.9 Å². The number of nitrogens with one attached hydrogen (secondary N) is 2. The lowest BCUT2D eigenvalue weighted by Crippen LogP contribution is -2.57. The van der Waals surface area contributed by atoms with E-state index in [4.69, 9.17) is 19.0 Å². The molecule has 42 heavy (non-hydrogen) atoms. The van der Waals surface area contributed by atoms with Gasteiger partial charge in [0.1, 0.15) is 18.7 Å². The smallest absolute Gasteiger partial charge is 0.445 e. The van der Waals surface area contributed by atoms with Gasteiger partial charge in [-0.25, -0.2) is 9.78 Å². The summed E-state index contributed by atoms with van der Waals surface area (Å²) in [7, 11) is -0.313. The van der Waals surface area contributed by atoms with Gasteiger partial charge in [-0.1, -0.05) is 56.3 Å². The van der Waals surface area contributed by atoms with Gasteiger partial charge in [-0.3, -0.25) is 4.90 Å². The number of carbonyl (C=O) groups is 1. The molecule has 2 aliphatic heterocycles. The van der Waals surface area contributed by atoms with Gasteiger partial charge in [-0.2, -0.15) is 0 Å². The van der Waals surface area contributed by atoms with Crippen LogP contribution in [0.2, 0.25) is 5.82 Å². The van der Waals surface area contributed by atoms with Gasteiger partial charge in [-0.05, 0) is 70.8 Å². The fourth-order valence-corrected chi connectivity index (χ4v) is 7.06. The van der Waals surface area contributed by atoms with E-state index in [0.717, 1.165) is 47.8 Å². The Labute approximate surface area is 248 Å². The van der Waals surface area contributed by atoms with E-state index in [2.05, 4.69) is 55.0 Å². The highest BCUT2D eigenvalue weighted by Gasteiger charge is 2.54. The predicted molar refractivity (Wildman–Crippen MR) is 161 cm³/mol. The van der Waals surface area contributed by atoms with Crippen molar-refractivity contribution < 1.29 is 23.9 Å². The molecule has 0 spiro atoms. The van der Waals surface area contributed by atoms with Crippen LogP contribution in [-0.4, -0.2) is 62.7 Å². The van der Waals surface area contributed by atoms with Crippen LogP contribution in [-0.2, 0) is 20.7 Å². The Bertz CT molecular complexity index is 1390. The number of carbonyl (C=O) groups excluding carboxylic acids is 1. The van der Waals surface area contributed by atoms with E-state index < -0.39 is 18.4 Å². The molecule has 1 amide bonds. The number of benzene rings is 1. The highest BCUT2D eigenvalue weighted by atomic mass is 16.7. The number of imidazole rings is 1. The molecule has 10 heteroatoms. The molecule has 2 bridgehead atoms. The van der Waals surface area contributed by atoms with Crippen molar-refractivity contribution in [1.82, 2.24) is 20.2 Å². The summed E-state index contributed by atoms with van der Waals surface area (Å²) in [6, 6.07) is 9.30. The Morgan fingerprint density at radius 3 is 2.60 bits per heavy atom. The number of hydrogen-bond donors (Lipinski definition) is 3. The highest BCUT2D eigenvalue weighted by Crippen LogP contribution is 2.50. The zero-order valence-electron chi connectivity index (χ0n) is 25.7. The number of aromatic amines is 1. The zero-order chi connectivity index (χ0) is 29.8. The largest absolute Gasteiger partial charge is 0.465 e. The quantitative estimate of drug-likeness (QED) is 0.412. The van der Waals surface area contributed by atoms with Crippen molar-refractivity contribution in [3.63, 3.8) is 0 Å². The molecule has 1 saturated carbocycles. The monoisotopic (exact) mass is 576 g/mol. The number of aliphatic hydroxyl groups excluding tert-OH is 1. The van der Waals surface area contributed by atoms with Gasteiger partial charge in [0.25, 0.3) is 0 Å². The summed E-state index contributed by atoms with van der Waals surface area (Å²) >= 11 is 0. The van der Waals surface area contributed by atoms with E-state index in [9.17, 15) is 9.90 Å². The van der Waals surface area contributed by atoms with Gasteiger partial charge in [-0.15, -0.1) is 0 Å². The molecule has 0 radical (unpaired) electrons. The highest BCUT2D eigenvalue weighted by molar-refractivity contribution is 6.49. The number of alkyl carbamates (subject to hydrolysis) is 1. The molecule has 9 nitrogen and oxygen atoms in total. The Morgan fingerprint density at radius 1 is 1.19 bits per heavy atom. The predicted octanol–water partition coefficient (Wildman–Crippen LogP) is 3.63. The molecule has 6 rings (SSSR count). The molecule has 2 aromatic rings. The minimum absolute atomic E-state index is 0.00352. The minimum atomic E-state index is -0.873. The number of aliphatic hydroxyl groups is 1. The maximum absolute atomic E-state index is 12.8. The second-order valence-corrected chi connectivity index (χ2v) is 13.8. The molecule has 4 aliphatic rings. The first-order valence-electron chi connectivity index (χ1n) is 15.5. The van der Waals surface area contributed by atoms with Crippen molar-refractivity contribution in [3.05, 3.63) is 52.4 Å². The van der Waals surface area contributed by atoms with Gasteiger partial charge < -0.3 is 29.5 Å². The number of aromatic nitrogens is 2. The van der Waals surface area contributed by atoms with Crippen LogP contribution in [0.25, 0.3) is 12.2 Å². The summed E-state index contributed by atoms with van der Waals surface area (Å²) in [5.41, 5.74) is 0.168. The molecule has 1 aromatic carbocycles. The van der Waals surface area contributed by atoms with Crippen LogP contribution in [0.4, 0.5) is 4.79 Å². The molecule has 3 fully saturated rings. The standard InChI is InChI=1S/C32H45BN4O5/c1-19(2)26(36-30(39)40-18-20-10-8-7-9-11-20)29(38)37-23-14-12-21(16-23)27(37)28-34-24-15-13-22(17-25(24)35-28)33-41-31(3,4)32(5,6)42-33/h7-11,15,17,19,21-23,26-27,29,38H,12-14,16,18H2,1-6H3,(H,34,35)(H,36,39)/t21-,22+,23+,26-,27-,29+/m0/s1. The summed E-state index contributed by atoms with van der Waals surface area (Å²) < 4.78 is 18.2. The van der Waals surface area contributed by atoms with Crippen LogP contribution in [0.1, 0.15) is 84.7 Å². The van der Waals surface area contributed by atoms with Crippen molar-refractivity contribution in [2.45, 2.75) is 115 Å². The molecule has 2 aliphatic carbocycles. The van der Waals surface area contributed by atoms with Gasteiger partial charge in [0.05, 0.1) is 34.0 Å². The number of piperidine rings is 1. The number of H-pyrrole nitrogens is 1. The third-order valence-electron chi connectivity index (χ3n) is 10.1. The van der Waals surface area contributed by atoms with Crippen molar-refractivity contribution in [3.8, 4) is 0 Å². The van der Waals surface area contributed by atoms with E-state index in [1.807, 2.05) is 44.2 Å². The maximum Gasteiger partial charge on any atom is 0.465 e. The summed E-state index contributed by atoms with van der Waals surface area (Å²) in [5.74, 6) is 1.36. The van der Waals surface area contributed by atoms with E-state index in [-0.39, 0.29) is 48.7 Å². The fraction of sp³-hybridized carbons (Fsp3) is 0.625. The molecule has 1 aromatic heterocycles. The van der Waals surface area contributed by atoms with Crippen LogP contribution in [0, 0.1) is 11.8 Å². The van der Waals surface area contributed by atoms with Crippen molar-refractivity contribution >= 4 is 25.4 Å². The molecule has 3 heterocycles. The summed E-state index contributed by atoms with van der Waals surface area (Å²) in [5, 5.41) is 16.7. The lowest BCUT2D eigenvalue weighted by molar-refractivity contribution is -0.0789. The second kappa shape index (κ2) is 11.1. The first-order chi connectivity index (χ1) is 19.9. The van der Waals surface area contributed by atoms with Crippen LogP contribution in [0.5, 0.6) is 0 Å². The number of rotatable bonds is 8. The fourth-order valence-electron chi connectivity index (χ4n) is 7.06. The van der Waals surface area contributed by atoms with Crippen LogP contribution in [0.15, 0.2) is 30.3 Å². The topological polar surface area (TPSA) is 109 Å². The number of ether oxygens (including phenoxy) is 1. The maximum atomic E-state index is 12.8. The average Bonchev–Trinajstić information content (AvgIpc) is 3.71. The van der Waals surface area contributed by atoms with E-state index in [0.29, 0.717) is 5.92 Å². The summed E-state index contributed by atoms with van der Waals surface area (Å²) in [6.45, 7) is 12.5. The Morgan fingerprint density at radius 2 is 1.90 bits per heavy atom. The molecular formula is C32H45BN4O5. The first-order valence-corrected chi connectivity index (χ1v) is 15.5. The average molecular weight is 577 g/mol. The third-order valence-corrected chi connectivity index (χ3v) is 10.1. The van der Waals surface area contributed by atoms with Crippen LogP contribution < -0.4 is 16.0 Å². The van der Waals surface area contributed by atoms with Gasteiger partial charge in [0.15, 0.2) is 0 Å². The normalized spacial score (nSPS) is 29.1. The summed E-state index contributed by atoms with van der Waals surface area (Å²) in [4.78, 5) is 23.6. The molecular weight excluding hydrogens is 531 g/mol. The number of fused-ring (bicyclic) bond motifs is 3. The molecule has 226 valence electrons.